The van der Waals surface area contributed by atoms with Gasteiger partial charge in [-0.15, -0.1) is 10.2 Å². The molecule has 3 rings (SSSR count). The van der Waals surface area contributed by atoms with Gasteiger partial charge in [0.25, 0.3) is 0 Å². The normalized spacial score (nSPS) is 10.9. The van der Waals surface area contributed by atoms with Gasteiger partial charge in [0.2, 0.25) is 5.91 Å². The molecule has 0 spiro atoms. The number of amides is 1. The highest BCUT2D eigenvalue weighted by molar-refractivity contribution is 7.99. The first-order valence-corrected chi connectivity index (χ1v) is 11.3. The van der Waals surface area contributed by atoms with Gasteiger partial charge in [0.05, 0.1) is 5.75 Å². The smallest absolute Gasteiger partial charge is 0.233 e. The first-order chi connectivity index (χ1) is 14.6. The number of carbonyl (C=O) groups is 1. The van der Waals surface area contributed by atoms with E-state index in [2.05, 4.69) is 24.0 Å². The zero-order chi connectivity index (χ0) is 21.3. The lowest BCUT2D eigenvalue weighted by molar-refractivity contribution is -0.128. The van der Waals surface area contributed by atoms with Gasteiger partial charge in [-0.05, 0) is 42.7 Å². The zero-order valence-electron chi connectivity index (χ0n) is 17.4. The Balaban J connectivity index is 1.84. The maximum Gasteiger partial charge on any atom is 0.233 e. The molecule has 0 aliphatic heterocycles. The summed E-state index contributed by atoms with van der Waals surface area (Å²) in [5, 5.41) is 9.36. The minimum Gasteiger partial charge on any atom is -0.342 e. The number of rotatable bonds is 10. The molecule has 1 amide bonds. The van der Waals surface area contributed by atoms with E-state index < -0.39 is 0 Å². The van der Waals surface area contributed by atoms with E-state index in [9.17, 15) is 9.18 Å². The van der Waals surface area contributed by atoms with Gasteiger partial charge in [-0.3, -0.25) is 9.36 Å². The average molecular weight is 427 g/mol. The molecule has 0 aliphatic carbocycles. The Morgan fingerprint density at radius 2 is 1.67 bits per heavy atom. The molecule has 0 atom stereocenters. The fraction of sp³-hybridized carbons (Fsp3) is 0.348. The van der Waals surface area contributed by atoms with Gasteiger partial charge < -0.3 is 4.90 Å². The molecule has 30 heavy (non-hydrogen) atoms. The molecule has 0 fully saturated rings. The van der Waals surface area contributed by atoms with Crippen LogP contribution in [0.5, 0.6) is 0 Å². The highest BCUT2D eigenvalue weighted by Crippen LogP contribution is 2.24. The van der Waals surface area contributed by atoms with Gasteiger partial charge in [-0.1, -0.05) is 55.9 Å². The Morgan fingerprint density at radius 1 is 1.00 bits per heavy atom. The molecule has 1 aromatic heterocycles. The summed E-state index contributed by atoms with van der Waals surface area (Å²) in [4.78, 5) is 14.6. The SMILES string of the molecule is CCCN(CCC)C(=O)CSc1nnc(Cc2ccccc2)n1-c1ccc(F)cc1. The van der Waals surface area contributed by atoms with Crippen LogP contribution < -0.4 is 0 Å². The van der Waals surface area contributed by atoms with Crippen LogP contribution in [0.4, 0.5) is 4.39 Å². The Morgan fingerprint density at radius 3 is 2.30 bits per heavy atom. The summed E-state index contributed by atoms with van der Waals surface area (Å²) in [6.07, 6.45) is 2.46. The van der Waals surface area contributed by atoms with E-state index in [-0.39, 0.29) is 11.7 Å². The minimum atomic E-state index is -0.296. The van der Waals surface area contributed by atoms with Crippen molar-refractivity contribution < 1.29 is 9.18 Å². The average Bonchev–Trinajstić information content (AvgIpc) is 3.15. The number of hydrogen-bond acceptors (Lipinski definition) is 4. The van der Waals surface area contributed by atoms with Gasteiger partial charge in [0.1, 0.15) is 11.6 Å². The zero-order valence-corrected chi connectivity index (χ0v) is 18.2. The van der Waals surface area contributed by atoms with Crippen molar-refractivity contribution in [3.8, 4) is 5.69 Å². The van der Waals surface area contributed by atoms with Gasteiger partial charge in [0, 0.05) is 25.2 Å². The summed E-state index contributed by atoms with van der Waals surface area (Å²) in [7, 11) is 0. The Bertz CT molecular complexity index is 938. The summed E-state index contributed by atoms with van der Waals surface area (Å²) in [5.41, 5.74) is 1.89. The van der Waals surface area contributed by atoms with Crippen molar-refractivity contribution in [3.05, 3.63) is 71.8 Å². The van der Waals surface area contributed by atoms with E-state index in [0.29, 0.717) is 17.3 Å². The fourth-order valence-electron chi connectivity index (χ4n) is 3.25. The number of hydrogen-bond donors (Lipinski definition) is 0. The summed E-state index contributed by atoms with van der Waals surface area (Å²) in [6, 6.07) is 16.3. The Labute approximate surface area is 181 Å². The number of benzene rings is 2. The van der Waals surface area contributed by atoms with E-state index in [1.807, 2.05) is 39.8 Å². The number of thioether (sulfide) groups is 1. The lowest BCUT2D eigenvalue weighted by atomic mass is 10.1. The number of aromatic nitrogens is 3. The standard InChI is InChI=1S/C23H27FN4OS/c1-3-14-27(15-4-2)22(29)17-30-23-26-25-21(16-18-8-6-5-7-9-18)28(23)20-12-10-19(24)11-13-20/h5-13H,3-4,14-17H2,1-2H3. The molecular weight excluding hydrogens is 399 g/mol. The van der Waals surface area contributed by atoms with Gasteiger partial charge in [0.15, 0.2) is 5.16 Å². The molecule has 1 heterocycles. The predicted molar refractivity (Wildman–Crippen MR) is 118 cm³/mol. The molecule has 0 saturated carbocycles. The third-order valence-electron chi connectivity index (χ3n) is 4.65. The highest BCUT2D eigenvalue weighted by Gasteiger charge is 2.18. The highest BCUT2D eigenvalue weighted by atomic mass is 32.2. The third-order valence-corrected chi connectivity index (χ3v) is 5.57. The predicted octanol–water partition coefficient (Wildman–Crippen LogP) is 4.74. The third kappa shape index (κ3) is 5.69. The molecule has 0 radical (unpaired) electrons. The van der Waals surface area contributed by atoms with Crippen LogP contribution in [-0.2, 0) is 11.2 Å². The molecule has 5 nitrogen and oxygen atoms in total. The van der Waals surface area contributed by atoms with Crippen LogP contribution in [0.1, 0.15) is 38.1 Å². The molecule has 0 unspecified atom stereocenters. The lowest BCUT2D eigenvalue weighted by Gasteiger charge is -2.21. The minimum absolute atomic E-state index is 0.0990. The van der Waals surface area contributed by atoms with E-state index in [1.165, 1.54) is 23.9 Å². The molecule has 0 aliphatic rings. The van der Waals surface area contributed by atoms with E-state index in [4.69, 9.17) is 0 Å². The van der Waals surface area contributed by atoms with Crippen molar-refractivity contribution in [2.45, 2.75) is 38.3 Å². The maximum atomic E-state index is 13.5. The molecule has 7 heteroatoms. The molecular formula is C23H27FN4OS. The monoisotopic (exact) mass is 426 g/mol. The van der Waals surface area contributed by atoms with Crippen molar-refractivity contribution in [2.75, 3.05) is 18.8 Å². The van der Waals surface area contributed by atoms with Crippen LogP contribution in [0, 0.1) is 5.82 Å². The molecule has 2 aromatic carbocycles. The quantitative estimate of drug-likeness (QED) is 0.440. The van der Waals surface area contributed by atoms with Crippen molar-refractivity contribution in [2.24, 2.45) is 0 Å². The second-order valence-electron chi connectivity index (χ2n) is 7.04. The van der Waals surface area contributed by atoms with Crippen molar-refractivity contribution in [1.82, 2.24) is 19.7 Å². The summed E-state index contributed by atoms with van der Waals surface area (Å²) in [5.74, 6) is 0.851. The summed E-state index contributed by atoms with van der Waals surface area (Å²) < 4.78 is 15.4. The topological polar surface area (TPSA) is 51.0 Å². The van der Waals surface area contributed by atoms with Crippen LogP contribution in [-0.4, -0.2) is 44.4 Å². The van der Waals surface area contributed by atoms with Crippen molar-refractivity contribution in [1.29, 1.82) is 0 Å². The van der Waals surface area contributed by atoms with Crippen LogP contribution in [0.2, 0.25) is 0 Å². The Kier molecular flexibility index (Phi) is 8.02. The number of carbonyl (C=O) groups excluding carboxylic acids is 1. The molecule has 158 valence electrons. The van der Waals surface area contributed by atoms with Crippen LogP contribution in [0.3, 0.4) is 0 Å². The first-order valence-electron chi connectivity index (χ1n) is 10.3. The lowest BCUT2D eigenvalue weighted by Crippen LogP contribution is -2.33. The van der Waals surface area contributed by atoms with E-state index in [1.54, 1.807) is 12.1 Å². The van der Waals surface area contributed by atoms with Gasteiger partial charge in [-0.2, -0.15) is 0 Å². The molecule has 0 saturated heterocycles. The first kappa shape index (κ1) is 22.0. The molecule has 0 bridgehead atoms. The molecule has 3 aromatic rings. The van der Waals surface area contributed by atoms with E-state index in [0.717, 1.165) is 43.0 Å². The van der Waals surface area contributed by atoms with Crippen LogP contribution in [0.25, 0.3) is 5.69 Å². The largest absolute Gasteiger partial charge is 0.342 e. The van der Waals surface area contributed by atoms with Crippen LogP contribution >= 0.6 is 11.8 Å². The second kappa shape index (κ2) is 10.9. The summed E-state index contributed by atoms with van der Waals surface area (Å²) >= 11 is 1.37. The number of halogens is 1. The van der Waals surface area contributed by atoms with E-state index >= 15 is 0 Å². The maximum absolute atomic E-state index is 13.5. The van der Waals surface area contributed by atoms with Crippen LogP contribution in [0.15, 0.2) is 59.8 Å². The summed E-state index contributed by atoms with van der Waals surface area (Å²) in [6.45, 7) is 5.67. The van der Waals surface area contributed by atoms with Gasteiger partial charge in [-0.25, -0.2) is 4.39 Å². The Hall–Kier alpha value is -2.67. The fourth-order valence-corrected chi connectivity index (χ4v) is 4.13. The number of nitrogens with zero attached hydrogens (tertiary/aromatic N) is 4. The molecule has 0 N–H and O–H groups in total. The van der Waals surface area contributed by atoms with Crippen molar-refractivity contribution >= 4 is 17.7 Å². The second-order valence-corrected chi connectivity index (χ2v) is 7.98. The van der Waals surface area contributed by atoms with Gasteiger partial charge >= 0.3 is 0 Å². The van der Waals surface area contributed by atoms with Crippen molar-refractivity contribution in [3.63, 3.8) is 0 Å².